The number of rotatable bonds is 9. The van der Waals surface area contributed by atoms with E-state index in [0.717, 1.165) is 41.0 Å². The molecule has 0 aliphatic carbocycles. The Balaban J connectivity index is 2.18. The summed E-state index contributed by atoms with van der Waals surface area (Å²) in [5.74, 6) is 1.32. The second-order valence-corrected chi connectivity index (χ2v) is 7.66. The van der Waals surface area contributed by atoms with E-state index in [9.17, 15) is 9.90 Å². The smallest absolute Gasteiger partial charge is 0.193 e. The molecule has 2 rings (SSSR count). The molecule has 0 fully saturated rings. The summed E-state index contributed by atoms with van der Waals surface area (Å²) in [4.78, 5) is 12.1. The SMILES string of the molecule is CCC/C=C(\Nc1ccc(CC(=O)C(C)(C)O)cc1C)Oc1ccccc1C. The molecule has 0 heterocycles. The van der Waals surface area contributed by atoms with Crippen LogP contribution < -0.4 is 10.1 Å². The number of carbonyl (C=O) groups excluding carboxylic acids is 1. The average Bonchev–Trinajstić information content (AvgIpc) is 2.62. The lowest BCUT2D eigenvalue weighted by molar-refractivity contribution is -0.133. The summed E-state index contributed by atoms with van der Waals surface area (Å²) in [7, 11) is 0. The van der Waals surface area contributed by atoms with E-state index in [1.54, 1.807) is 0 Å². The molecular formula is C24H31NO3. The van der Waals surface area contributed by atoms with Gasteiger partial charge in [0.1, 0.15) is 11.4 Å². The standard InChI is InChI=1S/C24H31NO3/c1-6-7-12-23(28-21-11-9-8-10-17(21)2)25-20-14-13-19(15-18(20)3)16-22(26)24(4,5)27/h8-15,25,27H,6-7,16H2,1-5H3/b23-12+. The second-order valence-electron chi connectivity index (χ2n) is 7.66. The van der Waals surface area contributed by atoms with Gasteiger partial charge in [-0.15, -0.1) is 0 Å². The highest BCUT2D eigenvalue weighted by Gasteiger charge is 2.23. The van der Waals surface area contributed by atoms with Crippen molar-refractivity contribution in [3.8, 4) is 5.75 Å². The van der Waals surface area contributed by atoms with Gasteiger partial charge < -0.3 is 15.2 Å². The van der Waals surface area contributed by atoms with Crippen molar-refractivity contribution < 1.29 is 14.6 Å². The topological polar surface area (TPSA) is 58.6 Å². The van der Waals surface area contributed by atoms with Crippen LogP contribution in [0.4, 0.5) is 5.69 Å². The van der Waals surface area contributed by atoms with Gasteiger partial charge >= 0.3 is 0 Å². The van der Waals surface area contributed by atoms with E-state index in [-0.39, 0.29) is 12.2 Å². The van der Waals surface area contributed by atoms with Gasteiger partial charge in [0, 0.05) is 12.1 Å². The van der Waals surface area contributed by atoms with Gasteiger partial charge in [0.05, 0.1) is 0 Å². The van der Waals surface area contributed by atoms with Gasteiger partial charge in [0.2, 0.25) is 0 Å². The Bertz CT molecular complexity index is 847. The molecule has 150 valence electrons. The van der Waals surface area contributed by atoms with Crippen molar-refractivity contribution in [1.82, 2.24) is 0 Å². The lowest BCUT2D eigenvalue weighted by Gasteiger charge is -2.18. The maximum Gasteiger partial charge on any atom is 0.193 e. The minimum atomic E-state index is -1.32. The average molecular weight is 382 g/mol. The lowest BCUT2D eigenvalue weighted by atomic mass is 9.96. The summed E-state index contributed by atoms with van der Waals surface area (Å²) in [6.45, 7) is 9.18. The molecule has 0 aromatic heterocycles. The predicted octanol–water partition coefficient (Wildman–Crippen LogP) is 5.32. The van der Waals surface area contributed by atoms with Crippen LogP contribution in [-0.2, 0) is 11.2 Å². The van der Waals surface area contributed by atoms with Gasteiger partial charge in [-0.2, -0.15) is 0 Å². The Kier molecular flexibility index (Phi) is 7.41. The van der Waals surface area contributed by atoms with Crippen LogP contribution in [0.2, 0.25) is 0 Å². The molecule has 28 heavy (non-hydrogen) atoms. The normalized spacial score (nSPS) is 12.0. The third-order valence-electron chi connectivity index (χ3n) is 4.53. The number of aliphatic hydroxyl groups is 1. The molecule has 0 aliphatic rings. The van der Waals surface area contributed by atoms with Crippen LogP contribution in [0, 0.1) is 13.8 Å². The minimum Gasteiger partial charge on any atom is -0.441 e. The first-order valence-corrected chi connectivity index (χ1v) is 9.76. The van der Waals surface area contributed by atoms with E-state index in [0.29, 0.717) is 5.88 Å². The maximum absolute atomic E-state index is 12.1. The van der Waals surface area contributed by atoms with Gasteiger partial charge in [0.15, 0.2) is 11.7 Å². The molecule has 0 bridgehead atoms. The maximum atomic E-state index is 12.1. The number of unbranched alkanes of at least 4 members (excludes halogenated alkanes) is 1. The van der Waals surface area contributed by atoms with Crippen molar-refractivity contribution in [1.29, 1.82) is 0 Å². The van der Waals surface area contributed by atoms with E-state index in [4.69, 9.17) is 4.74 Å². The number of allylic oxidation sites excluding steroid dienone is 1. The van der Waals surface area contributed by atoms with Crippen molar-refractivity contribution in [2.75, 3.05) is 5.32 Å². The second kappa shape index (κ2) is 9.56. The fourth-order valence-corrected chi connectivity index (χ4v) is 2.69. The first-order valence-electron chi connectivity index (χ1n) is 9.76. The van der Waals surface area contributed by atoms with Crippen LogP contribution >= 0.6 is 0 Å². The molecule has 4 nitrogen and oxygen atoms in total. The van der Waals surface area contributed by atoms with E-state index in [1.807, 2.05) is 56.3 Å². The highest BCUT2D eigenvalue weighted by Crippen LogP contribution is 2.24. The Morgan fingerprint density at radius 2 is 1.86 bits per heavy atom. The number of hydrogen-bond donors (Lipinski definition) is 2. The van der Waals surface area contributed by atoms with E-state index < -0.39 is 5.60 Å². The molecule has 0 spiro atoms. The molecule has 0 amide bonds. The number of carbonyl (C=O) groups is 1. The molecule has 4 heteroatoms. The summed E-state index contributed by atoms with van der Waals surface area (Å²) in [6.07, 6.45) is 4.20. The number of para-hydroxylation sites is 1. The van der Waals surface area contributed by atoms with Crippen LogP contribution in [0.1, 0.15) is 50.3 Å². The Morgan fingerprint density at radius 3 is 2.46 bits per heavy atom. The zero-order valence-corrected chi connectivity index (χ0v) is 17.5. The Labute approximate surface area is 168 Å². The molecule has 2 N–H and O–H groups in total. The van der Waals surface area contributed by atoms with Gasteiger partial charge in [-0.3, -0.25) is 4.79 Å². The predicted molar refractivity (Wildman–Crippen MR) is 115 cm³/mol. The zero-order chi connectivity index (χ0) is 20.7. The van der Waals surface area contributed by atoms with E-state index >= 15 is 0 Å². The monoisotopic (exact) mass is 381 g/mol. The number of aryl methyl sites for hydroxylation is 2. The van der Waals surface area contributed by atoms with Gasteiger partial charge in [-0.25, -0.2) is 0 Å². The third-order valence-corrected chi connectivity index (χ3v) is 4.53. The number of Topliss-reactive ketones (excluding diaryl/α,β-unsaturated/α-hetero) is 1. The summed E-state index contributed by atoms with van der Waals surface area (Å²) < 4.78 is 6.11. The first-order chi connectivity index (χ1) is 13.2. The van der Waals surface area contributed by atoms with Gasteiger partial charge in [-0.05, 0) is 69.0 Å². The van der Waals surface area contributed by atoms with Gasteiger partial charge in [0.25, 0.3) is 0 Å². The summed E-state index contributed by atoms with van der Waals surface area (Å²) in [6, 6.07) is 13.7. The van der Waals surface area contributed by atoms with E-state index in [2.05, 4.69) is 18.3 Å². The third kappa shape index (κ3) is 6.24. The first kappa shape index (κ1) is 21.7. The fraction of sp³-hybridized carbons (Fsp3) is 0.375. The highest BCUT2D eigenvalue weighted by atomic mass is 16.5. The molecule has 2 aromatic carbocycles. The summed E-state index contributed by atoms with van der Waals surface area (Å²) in [5.41, 5.74) is 2.58. The van der Waals surface area contributed by atoms with E-state index in [1.165, 1.54) is 13.8 Å². The molecule has 0 saturated heterocycles. The van der Waals surface area contributed by atoms with Crippen molar-refractivity contribution in [2.24, 2.45) is 0 Å². The molecular weight excluding hydrogens is 350 g/mol. The van der Waals surface area contributed by atoms with Crippen LogP contribution in [0.5, 0.6) is 5.75 Å². The van der Waals surface area contributed by atoms with Crippen molar-refractivity contribution >= 4 is 11.5 Å². The molecule has 0 radical (unpaired) electrons. The van der Waals surface area contributed by atoms with Crippen molar-refractivity contribution in [3.63, 3.8) is 0 Å². The minimum absolute atomic E-state index is 0.195. The van der Waals surface area contributed by atoms with Crippen LogP contribution in [0.15, 0.2) is 54.4 Å². The lowest BCUT2D eigenvalue weighted by Crippen LogP contribution is -2.32. The number of ether oxygens (including phenoxy) is 1. The Morgan fingerprint density at radius 1 is 1.14 bits per heavy atom. The number of nitrogens with one attached hydrogen (secondary N) is 1. The summed E-state index contributed by atoms with van der Waals surface area (Å²) in [5, 5.41) is 13.2. The number of ketones is 1. The highest BCUT2D eigenvalue weighted by molar-refractivity contribution is 5.88. The molecule has 0 saturated carbocycles. The zero-order valence-electron chi connectivity index (χ0n) is 17.5. The molecule has 0 atom stereocenters. The summed E-state index contributed by atoms with van der Waals surface area (Å²) >= 11 is 0. The largest absolute Gasteiger partial charge is 0.441 e. The fourth-order valence-electron chi connectivity index (χ4n) is 2.69. The molecule has 0 unspecified atom stereocenters. The van der Waals surface area contributed by atoms with Crippen LogP contribution in [-0.4, -0.2) is 16.5 Å². The molecule has 2 aromatic rings. The number of anilines is 1. The van der Waals surface area contributed by atoms with Crippen molar-refractivity contribution in [2.45, 2.75) is 59.5 Å². The number of benzene rings is 2. The number of hydrogen-bond acceptors (Lipinski definition) is 4. The van der Waals surface area contributed by atoms with Gasteiger partial charge in [-0.1, -0.05) is 43.7 Å². The Hall–Kier alpha value is -2.59. The van der Waals surface area contributed by atoms with Crippen molar-refractivity contribution in [3.05, 3.63) is 71.1 Å². The molecule has 0 aliphatic heterocycles. The quantitative estimate of drug-likeness (QED) is 0.577. The van der Waals surface area contributed by atoms with Crippen LogP contribution in [0.3, 0.4) is 0 Å². The van der Waals surface area contributed by atoms with Crippen LogP contribution in [0.25, 0.3) is 0 Å².